The van der Waals surface area contributed by atoms with Crippen LogP contribution in [0.2, 0.25) is 15.1 Å². The lowest BCUT2D eigenvalue weighted by Crippen LogP contribution is -2.21. The van der Waals surface area contributed by atoms with Gasteiger partial charge in [0.15, 0.2) is 0 Å². The van der Waals surface area contributed by atoms with Crippen molar-refractivity contribution in [3.8, 4) is 5.75 Å². The largest absolute Gasteiger partial charge is 0.487 e. The highest BCUT2D eigenvalue weighted by molar-refractivity contribution is 6.36. The van der Waals surface area contributed by atoms with Gasteiger partial charge in [0.25, 0.3) is 5.91 Å². The minimum Gasteiger partial charge on any atom is -0.487 e. The van der Waals surface area contributed by atoms with Gasteiger partial charge < -0.3 is 4.74 Å². The van der Waals surface area contributed by atoms with Crippen LogP contribution in [0.3, 0.4) is 0 Å². The number of carbonyl (C=O) groups excluding carboxylic acids is 1. The summed E-state index contributed by atoms with van der Waals surface area (Å²) >= 11 is 18.6. The highest BCUT2D eigenvalue weighted by Gasteiger charge is 2.29. The Bertz CT molecular complexity index is 1190. The average molecular weight is 472 g/mol. The fraction of sp³-hybridized carbons (Fsp3) is 0.0833. The van der Waals surface area contributed by atoms with E-state index in [1.165, 1.54) is 5.01 Å². The third-order valence-electron chi connectivity index (χ3n) is 4.70. The summed E-state index contributed by atoms with van der Waals surface area (Å²) in [5.74, 6) is 0.204. The van der Waals surface area contributed by atoms with E-state index >= 15 is 0 Å². The van der Waals surface area contributed by atoms with Crippen LogP contribution in [0.5, 0.6) is 5.75 Å². The second kappa shape index (κ2) is 9.15. The van der Waals surface area contributed by atoms with Crippen molar-refractivity contribution in [1.82, 2.24) is 0 Å². The van der Waals surface area contributed by atoms with Crippen LogP contribution >= 0.6 is 34.8 Å². The maximum absolute atomic E-state index is 13.0. The van der Waals surface area contributed by atoms with E-state index < -0.39 is 0 Å². The Morgan fingerprint density at radius 2 is 1.68 bits per heavy atom. The van der Waals surface area contributed by atoms with Crippen molar-refractivity contribution < 1.29 is 9.53 Å². The number of hydrogen-bond acceptors (Lipinski definition) is 3. The summed E-state index contributed by atoms with van der Waals surface area (Å²) < 4.78 is 6.00. The van der Waals surface area contributed by atoms with Crippen LogP contribution in [0.4, 0.5) is 5.69 Å². The molecule has 156 valence electrons. The maximum atomic E-state index is 13.0. The third kappa shape index (κ3) is 4.77. The minimum atomic E-state index is -0.233. The third-order valence-corrected chi connectivity index (χ3v) is 5.45. The van der Waals surface area contributed by atoms with E-state index in [2.05, 4.69) is 5.10 Å². The van der Waals surface area contributed by atoms with Crippen molar-refractivity contribution >= 4 is 58.2 Å². The van der Waals surface area contributed by atoms with Gasteiger partial charge in [-0.3, -0.25) is 4.79 Å². The molecule has 0 unspecified atom stereocenters. The molecule has 4 rings (SSSR count). The van der Waals surface area contributed by atoms with E-state index in [1.807, 2.05) is 42.5 Å². The number of halogens is 3. The van der Waals surface area contributed by atoms with E-state index in [4.69, 9.17) is 39.5 Å². The highest BCUT2D eigenvalue weighted by Crippen LogP contribution is 2.36. The zero-order chi connectivity index (χ0) is 22.0. The molecule has 1 amide bonds. The first-order valence-corrected chi connectivity index (χ1v) is 10.6. The van der Waals surface area contributed by atoms with Gasteiger partial charge in [0.1, 0.15) is 12.4 Å². The summed E-state index contributed by atoms with van der Waals surface area (Å²) in [6, 6.07) is 19.9. The summed E-state index contributed by atoms with van der Waals surface area (Å²) in [7, 11) is 0. The lowest BCUT2D eigenvalue weighted by atomic mass is 10.1. The van der Waals surface area contributed by atoms with Gasteiger partial charge in [-0.15, -0.1) is 0 Å². The zero-order valence-corrected chi connectivity index (χ0v) is 18.7. The second-order valence-corrected chi connectivity index (χ2v) is 8.20. The molecular weight excluding hydrogens is 455 g/mol. The van der Waals surface area contributed by atoms with E-state index in [1.54, 1.807) is 37.3 Å². The molecule has 0 aromatic heterocycles. The van der Waals surface area contributed by atoms with Gasteiger partial charge in [0.05, 0.1) is 22.0 Å². The molecule has 0 fully saturated rings. The lowest BCUT2D eigenvalue weighted by Gasteiger charge is -2.13. The monoisotopic (exact) mass is 470 g/mol. The Balaban J connectivity index is 1.66. The number of nitrogens with zero attached hydrogens (tertiary/aromatic N) is 2. The fourth-order valence-corrected chi connectivity index (χ4v) is 3.85. The Morgan fingerprint density at radius 3 is 2.39 bits per heavy atom. The van der Waals surface area contributed by atoms with E-state index in [-0.39, 0.29) is 12.5 Å². The SMILES string of the molecule is CC1=NN(c2ccccc2)C(=O)C1=Cc1cc(Cl)cc(Cl)c1OCc1ccc(Cl)cc1. The van der Waals surface area contributed by atoms with Gasteiger partial charge in [-0.1, -0.05) is 65.1 Å². The summed E-state index contributed by atoms with van der Waals surface area (Å²) in [6.45, 7) is 2.07. The Labute approximate surface area is 195 Å². The molecule has 31 heavy (non-hydrogen) atoms. The molecule has 4 nitrogen and oxygen atoms in total. The van der Waals surface area contributed by atoms with Crippen molar-refractivity contribution in [2.75, 3.05) is 5.01 Å². The first-order valence-electron chi connectivity index (χ1n) is 9.45. The van der Waals surface area contributed by atoms with Gasteiger partial charge in [-0.05, 0) is 55.0 Å². The van der Waals surface area contributed by atoms with Crippen LogP contribution in [-0.4, -0.2) is 11.6 Å². The molecule has 3 aromatic rings. The molecular formula is C24H17Cl3N2O2. The number of benzene rings is 3. The maximum Gasteiger partial charge on any atom is 0.280 e. The average Bonchev–Trinajstić information content (AvgIpc) is 3.03. The number of carbonyl (C=O) groups is 1. The van der Waals surface area contributed by atoms with Crippen molar-refractivity contribution in [2.45, 2.75) is 13.5 Å². The Kier molecular flexibility index (Phi) is 6.33. The van der Waals surface area contributed by atoms with Crippen LogP contribution in [0.25, 0.3) is 6.08 Å². The van der Waals surface area contributed by atoms with Crippen molar-refractivity contribution in [3.05, 3.63) is 98.5 Å². The molecule has 0 radical (unpaired) electrons. The molecule has 0 atom stereocenters. The number of rotatable bonds is 5. The number of amides is 1. The van der Waals surface area contributed by atoms with E-state index in [0.717, 1.165) is 5.56 Å². The van der Waals surface area contributed by atoms with Gasteiger partial charge in [-0.2, -0.15) is 10.1 Å². The first kappa shape index (κ1) is 21.4. The van der Waals surface area contributed by atoms with Crippen LogP contribution in [-0.2, 0) is 11.4 Å². The standard InChI is InChI=1S/C24H17Cl3N2O2/c1-15-21(24(30)29(28-15)20-5-3-2-4-6-20)12-17-11-19(26)13-22(27)23(17)31-14-16-7-9-18(25)10-8-16/h2-13H,14H2,1H3. The Morgan fingerprint density at radius 1 is 0.968 bits per heavy atom. The topological polar surface area (TPSA) is 41.9 Å². The summed E-state index contributed by atoms with van der Waals surface area (Å²) in [6.07, 6.45) is 1.71. The summed E-state index contributed by atoms with van der Waals surface area (Å²) in [5, 5.41) is 7.23. The predicted octanol–water partition coefficient (Wildman–Crippen LogP) is 7.03. The van der Waals surface area contributed by atoms with E-state index in [9.17, 15) is 4.79 Å². The zero-order valence-electron chi connectivity index (χ0n) is 16.5. The number of para-hydroxylation sites is 1. The minimum absolute atomic E-state index is 0.233. The molecule has 0 aliphatic carbocycles. The molecule has 3 aromatic carbocycles. The van der Waals surface area contributed by atoms with Gasteiger partial charge in [0.2, 0.25) is 0 Å². The quantitative estimate of drug-likeness (QED) is 0.375. The predicted molar refractivity (Wildman–Crippen MR) is 127 cm³/mol. The molecule has 0 saturated heterocycles. The highest BCUT2D eigenvalue weighted by atomic mass is 35.5. The smallest absolute Gasteiger partial charge is 0.280 e. The van der Waals surface area contributed by atoms with Crippen LogP contribution in [0.1, 0.15) is 18.1 Å². The number of ether oxygens (including phenoxy) is 1. The van der Waals surface area contributed by atoms with E-state index in [0.29, 0.717) is 43.4 Å². The van der Waals surface area contributed by atoms with Crippen LogP contribution < -0.4 is 9.75 Å². The molecule has 1 aliphatic rings. The lowest BCUT2D eigenvalue weighted by molar-refractivity contribution is -0.114. The van der Waals surface area contributed by atoms with Gasteiger partial charge in [0, 0.05) is 15.6 Å². The van der Waals surface area contributed by atoms with Crippen molar-refractivity contribution in [2.24, 2.45) is 5.10 Å². The molecule has 7 heteroatoms. The normalized spacial score (nSPS) is 14.8. The Hall–Kier alpha value is -2.79. The molecule has 0 bridgehead atoms. The van der Waals surface area contributed by atoms with Crippen molar-refractivity contribution in [1.29, 1.82) is 0 Å². The first-order chi connectivity index (χ1) is 14.9. The molecule has 0 N–H and O–H groups in total. The fourth-order valence-electron chi connectivity index (χ4n) is 3.16. The van der Waals surface area contributed by atoms with Gasteiger partial charge in [-0.25, -0.2) is 0 Å². The number of hydrogen-bond donors (Lipinski definition) is 0. The summed E-state index contributed by atoms with van der Waals surface area (Å²) in [4.78, 5) is 13.0. The van der Waals surface area contributed by atoms with Crippen LogP contribution in [0, 0.1) is 0 Å². The van der Waals surface area contributed by atoms with Crippen LogP contribution in [0.15, 0.2) is 77.4 Å². The summed E-state index contributed by atoms with van der Waals surface area (Å²) in [5.41, 5.74) is 3.25. The van der Waals surface area contributed by atoms with Crippen molar-refractivity contribution in [3.63, 3.8) is 0 Å². The molecule has 1 aliphatic heterocycles. The number of hydrazone groups is 1. The molecule has 0 spiro atoms. The molecule has 1 heterocycles. The second-order valence-electron chi connectivity index (χ2n) is 6.92. The number of anilines is 1. The van der Waals surface area contributed by atoms with Gasteiger partial charge >= 0.3 is 0 Å². The molecule has 0 saturated carbocycles.